The SMILES string of the molecule is CCCN1CCC[C@@]2(CCCN(C(=O)c3nnc4n3CCCCC4)[C@H]2C)C1=O.O=CO. The van der Waals surface area contributed by atoms with Gasteiger partial charge in [-0.3, -0.25) is 14.4 Å². The summed E-state index contributed by atoms with van der Waals surface area (Å²) in [6.07, 6.45) is 8.88. The summed E-state index contributed by atoms with van der Waals surface area (Å²) < 4.78 is 2.02. The number of rotatable bonds is 3. The van der Waals surface area contributed by atoms with Crippen molar-refractivity contribution in [1.82, 2.24) is 24.6 Å². The average Bonchev–Trinajstić information content (AvgIpc) is 3.01. The number of aryl methyl sites for hydroxylation is 1. The van der Waals surface area contributed by atoms with Gasteiger partial charge in [-0.1, -0.05) is 13.3 Å². The summed E-state index contributed by atoms with van der Waals surface area (Å²) in [6.45, 7) is 7.13. The predicted molar refractivity (Wildman–Crippen MR) is 115 cm³/mol. The molecule has 0 radical (unpaired) electrons. The van der Waals surface area contributed by atoms with Gasteiger partial charge in [0, 0.05) is 38.6 Å². The maximum absolute atomic E-state index is 13.5. The highest BCUT2D eigenvalue weighted by Crippen LogP contribution is 2.44. The van der Waals surface area contributed by atoms with Crippen molar-refractivity contribution in [2.75, 3.05) is 19.6 Å². The molecule has 3 aliphatic rings. The van der Waals surface area contributed by atoms with Crippen molar-refractivity contribution < 1.29 is 19.5 Å². The van der Waals surface area contributed by atoms with E-state index in [-0.39, 0.29) is 24.3 Å². The minimum atomic E-state index is -0.428. The molecule has 0 saturated carbocycles. The monoisotopic (exact) mass is 433 g/mol. The van der Waals surface area contributed by atoms with E-state index in [4.69, 9.17) is 9.90 Å². The van der Waals surface area contributed by atoms with Crippen molar-refractivity contribution in [2.24, 2.45) is 5.41 Å². The van der Waals surface area contributed by atoms with Crippen LogP contribution in [0.25, 0.3) is 0 Å². The lowest BCUT2D eigenvalue weighted by Gasteiger charge is -2.51. The van der Waals surface area contributed by atoms with Gasteiger partial charge in [-0.15, -0.1) is 10.2 Å². The van der Waals surface area contributed by atoms with Crippen LogP contribution < -0.4 is 0 Å². The Morgan fingerprint density at radius 3 is 2.55 bits per heavy atom. The number of hydrogen-bond donors (Lipinski definition) is 1. The number of piperidine rings is 2. The summed E-state index contributed by atoms with van der Waals surface area (Å²) in [6, 6.07) is -0.0976. The fourth-order valence-electron chi connectivity index (χ4n) is 5.53. The second-order valence-electron chi connectivity index (χ2n) is 8.84. The fourth-order valence-corrected chi connectivity index (χ4v) is 5.53. The average molecular weight is 434 g/mol. The molecule has 4 heterocycles. The molecule has 0 bridgehead atoms. The zero-order valence-electron chi connectivity index (χ0n) is 18.8. The highest BCUT2D eigenvalue weighted by atomic mass is 16.3. The molecule has 2 amide bonds. The molecule has 2 atom stereocenters. The van der Waals surface area contributed by atoms with Crippen LogP contribution in [0.2, 0.25) is 0 Å². The molecule has 0 unspecified atom stereocenters. The molecule has 1 aromatic heterocycles. The Hall–Kier alpha value is -2.45. The van der Waals surface area contributed by atoms with Crippen molar-refractivity contribution in [2.45, 2.75) is 84.2 Å². The number of carboxylic acid groups (broad SMARTS) is 1. The van der Waals surface area contributed by atoms with Crippen molar-refractivity contribution in [3.63, 3.8) is 0 Å². The third-order valence-electron chi connectivity index (χ3n) is 7.11. The number of aromatic nitrogens is 3. The first-order chi connectivity index (χ1) is 15.0. The number of nitrogens with zero attached hydrogens (tertiary/aromatic N) is 5. The number of carbonyl (C=O) groups excluding carboxylic acids is 2. The van der Waals surface area contributed by atoms with E-state index in [1.54, 1.807) is 0 Å². The van der Waals surface area contributed by atoms with Crippen LogP contribution in [0.5, 0.6) is 0 Å². The van der Waals surface area contributed by atoms with E-state index in [0.29, 0.717) is 12.4 Å². The molecular weight excluding hydrogens is 398 g/mol. The molecular formula is C22H35N5O4. The zero-order valence-corrected chi connectivity index (χ0v) is 18.8. The largest absolute Gasteiger partial charge is 0.483 e. The second-order valence-corrected chi connectivity index (χ2v) is 8.84. The molecule has 0 aliphatic carbocycles. The van der Waals surface area contributed by atoms with Gasteiger partial charge < -0.3 is 19.5 Å². The minimum Gasteiger partial charge on any atom is -0.483 e. The van der Waals surface area contributed by atoms with E-state index in [9.17, 15) is 9.59 Å². The predicted octanol–water partition coefficient (Wildman–Crippen LogP) is 2.35. The summed E-state index contributed by atoms with van der Waals surface area (Å²) in [5.74, 6) is 1.61. The zero-order chi connectivity index (χ0) is 22.4. The maximum Gasteiger partial charge on any atom is 0.292 e. The van der Waals surface area contributed by atoms with Gasteiger partial charge in [-0.25, -0.2) is 0 Å². The topological polar surface area (TPSA) is 109 Å². The van der Waals surface area contributed by atoms with Crippen LogP contribution in [0.4, 0.5) is 0 Å². The van der Waals surface area contributed by atoms with Gasteiger partial charge in [-0.2, -0.15) is 0 Å². The van der Waals surface area contributed by atoms with Crippen molar-refractivity contribution in [3.8, 4) is 0 Å². The van der Waals surface area contributed by atoms with E-state index in [1.807, 2.05) is 14.4 Å². The highest BCUT2D eigenvalue weighted by molar-refractivity contribution is 5.92. The molecule has 9 nitrogen and oxygen atoms in total. The number of carbonyl (C=O) groups is 3. The van der Waals surface area contributed by atoms with Crippen LogP contribution >= 0.6 is 0 Å². The Bertz CT molecular complexity index is 789. The molecule has 2 saturated heterocycles. The summed E-state index contributed by atoms with van der Waals surface area (Å²) >= 11 is 0. The maximum atomic E-state index is 13.5. The Morgan fingerprint density at radius 2 is 1.84 bits per heavy atom. The number of hydrogen-bond acceptors (Lipinski definition) is 5. The first-order valence-corrected chi connectivity index (χ1v) is 11.6. The van der Waals surface area contributed by atoms with Gasteiger partial charge in [0.1, 0.15) is 5.82 Å². The molecule has 1 aromatic rings. The molecule has 1 spiro atoms. The molecule has 31 heavy (non-hydrogen) atoms. The van der Waals surface area contributed by atoms with E-state index < -0.39 is 5.41 Å². The summed E-state index contributed by atoms with van der Waals surface area (Å²) in [7, 11) is 0. The van der Waals surface area contributed by atoms with E-state index in [1.165, 1.54) is 6.42 Å². The van der Waals surface area contributed by atoms with E-state index >= 15 is 0 Å². The Labute approximate surface area is 183 Å². The van der Waals surface area contributed by atoms with Crippen LogP contribution in [0.3, 0.4) is 0 Å². The van der Waals surface area contributed by atoms with Gasteiger partial charge in [0.2, 0.25) is 11.7 Å². The molecule has 1 N–H and O–H groups in total. The third-order valence-corrected chi connectivity index (χ3v) is 7.11. The molecule has 172 valence electrons. The Balaban J connectivity index is 0.000000858. The van der Waals surface area contributed by atoms with Gasteiger partial charge in [0.15, 0.2) is 0 Å². The smallest absolute Gasteiger partial charge is 0.292 e. The number of amides is 2. The highest BCUT2D eigenvalue weighted by Gasteiger charge is 2.52. The van der Waals surface area contributed by atoms with Gasteiger partial charge in [0.25, 0.3) is 12.4 Å². The van der Waals surface area contributed by atoms with Crippen LogP contribution in [-0.4, -0.2) is 73.6 Å². The van der Waals surface area contributed by atoms with Crippen molar-refractivity contribution in [3.05, 3.63) is 11.6 Å². The minimum absolute atomic E-state index is 0.0485. The molecule has 3 aliphatic heterocycles. The van der Waals surface area contributed by atoms with Crippen molar-refractivity contribution >= 4 is 18.3 Å². The lowest BCUT2D eigenvalue weighted by molar-refractivity contribution is -0.153. The van der Waals surface area contributed by atoms with E-state index in [0.717, 1.165) is 76.8 Å². The van der Waals surface area contributed by atoms with Crippen LogP contribution in [-0.2, 0) is 22.6 Å². The first kappa shape index (κ1) is 23.2. The van der Waals surface area contributed by atoms with Gasteiger partial charge in [-0.05, 0) is 51.9 Å². The molecule has 0 aromatic carbocycles. The standard InChI is InChI=1S/C21H33N5O2.CH2O2/c1-3-12-24-13-7-10-21(20(24)28)11-8-15-25(16(21)2)19(27)18-23-22-17-9-5-4-6-14-26(17)18;2-1-3/h16H,3-15H2,1-2H3;1H,(H,2,3)/t16-,21-;/m0./s1. The van der Waals surface area contributed by atoms with Crippen LogP contribution in [0, 0.1) is 5.41 Å². The lowest BCUT2D eigenvalue weighted by atomic mass is 9.67. The fraction of sp³-hybridized carbons (Fsp3) is 0.773. The number of likely N-dealkylation sites (tertiary alicyclic amines) is 2. The summed E-state index contributed by atoms with van der Waals surface area (Å²) in [5, 5.41) is 15.5. The van der Waals surface area contributed by atoms with Gasteiger partial charge in [0.05, 0.1) is 5.41 Å². The van der Waals surface area contributed by atoms with Crippen LogP contribution in [0.1, 0.15) is 81.7 Å². The Kier molecular flexibility index (Phi) is 7.67. The van der Waals surface area contributed by atoms with Crippen molar-refractivity contribution in [1.29, 1.82) is 0 Å². The quantitative estimate of drug-likeness (QED) is 0.733. The lowest BCUT2D eigenvalue weighted by Crippen LogP contribution is -2.62. The first-order valence-electron chi connectivity index (χ1n) is 11.6. The molecule has 2 fully saturated rings. The third kappa shape index (κ3) is 4.45. The molecule has 4 rings (SSSR count). The van der Waals surface area contributed by atoms with Crippen LogP contribution in [0.15, 0.2) is 0 Å². The van der Waals surface area contributed by atoms with Gasteiger partial charge >= 0.3 is 0 Å². The summed E-state index contributed by atoms with van der Waals surface area (Å²) in [5.41, 5.74) is -0.428. The second kappa shape index (κ2) is 10.2. The van der Waals surface area contributed by atoms with E-state index in [2.05, 4.69) is 24.0 Å². The Morgan fingerprint density at radius 1 is 1.13 bits per heavy atom. The summed E-state index contributed by atoms with van der Waals surface area (Å²) in [4.78, 5) is 39.2. The normalized spacial score (nSPS) is 26.0. The molecule has 9 heteroatoms. The number of fused-ring (bicyclic) bond motifs is 1.